The van der Waals surface area contributed by atoms with Crippen molar-refractivity contribution in [2.24, 2.45) is 0 Å². The second kappa shape index (κ2) is 4.69. The van der Waals surface area contributed by atoms with Crippen LogP contribution < -0.4 is 10.6 Å². The molecule has 1 aliphatic heterocycles. The number of fused-ring (bicyclic) bond motifs is 1. The van der Waals surface area contributed by atoms with Crippen molar-refractivity contribution in [3.05, 3.63) is 58.7 Å². The molecule has 2 N–H and O–H groups in total. The number of anilines is 2. The van der Waals surface area contributed by atoms with Gasteiger partial charge in [0.05, 0.1) is 5.56 Å². The molecule has 0 fully saturated rings. The van der Waals surface area contributed by atoms with Crippen molar-refractivity contribution in [3.8, 4) is 0 Å². The van der Waals surface area contributed by atoms with Crippen molar-refractivity contribution >= 4 is 11.4 Å². The van der Waals surface area contributed by atoms with E-state index < -0.39 is 11.7 Å². The zero-order valence-corrected chi connectivity index (χ0v) is 11.5. The van der Waals surface area contributed by atoms with Gasteiger partial charge in [0, 0.05) is 24.5 Å². The second-order valence-electron chi connectivity index (χ2n) is 5.38. The zero-order valence-electron chi connectivity index (χ0n) is 11.5. The van der Waals surface area contributed by atoms with Crippen LogP contribution in [0.4, 0.5) is 24.5 Å². The van der Waals surface area contributed by atoms with Gasteiger partial charge < -0.3 is 10.6 Å². The normalized spacial score (nSPS) is 14.4. The summed E-state index contributed by atoms with van der Waals surface area (Å²) < 4.78 is 38.6. The fraction of sp³-hybridized carbons (Fsp3) is 0.250. The summed E-state index contributed by atoms with van der Waals surface area (Å²) in [6, 6.07) is 9.52. The minimum absolute atomic E-state index is 0.586. The Bertz CT molecular complexity index is 692. The van der Waals surface area contributed by atoms with Gasteiger partial charge in [-0.05, 0) is 47.9 Å². The van der Waals surface area contributed by atoms with E-state index in [1.54, 1.807) is 0 Å². The summed E-state index contributed by atoms with van der Waals surface area (Å²) in [6.45, 7) is 3.02. The Labute approximate surface area is 121 Å². The summed E-state index contributed by atoms with van der Waals surface area (Å²) in [7, 11) is 0. The van der Waals surface area contributed by atoms with Gasteiger partial charge in [-0.15, -0.1) is 0 Å². The third kappa shape index (κ3) is 2.55. The van der Waals surface area contributed by atoms with Crippen molar-refractivity contribution in [3.63, 3.8) is 0 Å². The highest BCUT2D eigenvalue weighted by molar-refractivity contribution is 5.60. The molecule has 2 aromatic rings. The molecule has 0 bridgehead atoms. The molecule has 5 heteroatoms. The molecule has 0 amide bonds. The van der Waals surface area contributed by atoms with Crippen LogP contribution in [0.5, 0.6) is 0 Å². The topological polar surface area (TPSA) is 29.3 Å². The van der Waals surface area contributed by atoms with E-state index in [1.807, 2.05) is 30.0 Å². The molecule has 110 valence electrons. The Hall–Kier alpha value is -2.17. The van der Waals surface area contributed by atoms with Gasteiger partial charge in [0.25, 0.3) is 0 Å². The molecule has 1 heterocycles. The number of benzene rings is 2. The van der Waals surface area contributed by atoms with Crippen LogP contribution in [0.1, 0.15) is 22.3 Å². The molecule has 0 aliphatic carbocycles. The average Bonchev–Trinajstić information content (AvgIpc) is 2.80. The molecule has 2 aromatic carbocycles. The predicted molar refractivity (Wildman–Crippen MR) is 76.9 cm³/mol. The molecule has 0 atom stereocenters. The van der Waals surface area contributed by atoms with Crippen molar-refractivity contribution in [2.45, 2.75) is 26.2 Å². The van der Waals surface area contributed by atoms with Crippen LogP contribution in [-0.4, -0.2) is 0 Å². The lowest BCUT2D eigenvalue weighted by atomic mass is 10.1. The quantitative estimate of drug-likeness (QED) is 0.801. The molecular weight excluding hydrogens is 277 g/mol. The maximum absolute atomic E-state index is 12.9. The lowest BCUT2D eigenvalue weighted by molar-refractivity contribution is -0.137. The summed E-state index contributed by atoms with van der Waals surface area (Å²) in [5, 5.41) is 0. The van der Waals surface area contributed by atoms with Crippen molar-refractivity contribution < 1.29 is 13.2 Å². The Balaban J connectivity index is 1.96. The van der Waals surface area contributed by atoms with E-state index in [-0.39, 0.29) is 0 Å². The van der Waals surface area contributed by atoms with Crippen LogP contribution in [-0.2, 0) is 19.3 Å². The van der Waals surface area contributed by atoms with Crippen molar-refractivity contribution in [1.29, 1.82) is 0 Å². The molecule has 3 rings (SSSR count). The largest absolute Gasteiger partial charge is 0.416 e. The lowest BCUT2D eigenvalue weighted by Crippen LogP contribution is -2.17. The van der Waals surface area contributed by atoms with Crippen LogP contribution in [0.2, 0.25) is 0 Å². The van der Waals surface area contributed by atoms with Crippen LogP contribution in [0.15, 0.2) is 36.4 Å². The third-order valence-corrected chi connectivity index (χ3v) is 3.83. The molecule has 21 heavy (non-hydrogen) atoms. The average molecular weight is 292 g/mol. The first kappa shape index (κ1) is 13.8. The fourth-order valence-electron chi connectivity index (χ4n) is 2.71. The first-order valence-corrected chi connectivity index (χ1v) is 6.64. The number of hydrogen-bond acceptors (Lipinski definition) is 2. The molecule has 0 aromatic heterocycles. The number of halogens is 3. The van der Waals surface area contributed by atoms with Gasteiger partial charge in [0.2, 0.25) is 0 Å². The van der Waals surface area contributed by atoms with E-state index in [0.29, 0.717) is 24.5 Å². The molecule has 0 radical (unpaired) electrons. The van der Waals surface area contributed by atoms with Gasteiger partial charge in [-0.25, -0.2) is 0 Å². The predicted octanol–water partition coefficient (Wildman–Crippen LogP) is 4.12. The van der Waals surface area contributed by atoms with Crippen molar-refractivity contribution in [2.75, 3.05) is 10.6 Å². The molecule has 0 spiro atoms. The summed E-state index contributed by atoms with van der Waals surface area (Å²) in [4.78, 5) is 1.95. The molecule has 0 saturated heterocycles. The Kier molecular flexibility index (Phi) is 3.08. The van der Waals surface area contributed by atoms with Gasteiger partial charge in [0.1, 0.15) is 0 Å². The monoisotopic (exact) mass is 292 g/mol. The maximum atomic E-state index is 12.9. The molecule has 0 unspecified atom stereocenters. The smallest absolute Gasteiger partial charge is 0.399 e. The molecule has 0 saturated carbocycles. The van der Waals surface area contributed by atoms with Crippen molar-refractivity contribution in [1.82, 2.24) is 0 Å². The highest BCUT2D eigenvalue weighted by Crippen LogP contribution is 2.36. The van der Waals surface area contributed by atoms with Crippen LogP contribution in [0.25, 0.3) is 0 Å². The number of alkyl halides is 3. The van der Waals surface area contributed by atoms with Crippen LogP contribution in [0, 0.1) is 6.92 Å². The first-order chi connectivity index (χ1) is 9.84. The summed E-state index contributed by atoms with van der Waals surface area (Å²) in [6.07, 6.45) is -4.32. The number of nitrogen functional groups attached to an aromatic ring is 1. The van der Waals surface area contributed by atoms with E-state index in [0.717, 1.165) is 22.8 Å². The minimum Gasteiger partial charge on any atom is -0.399 e. The number of rotatable bonds is 1. The Morgan fingerprint density at radius 3 is 2.43 bits per heavy atom. The van der Waals surface area contributed by atoms with Gasteiger partial charge in [-0.1, -0.05) is 12.1 Å². The number of nitrogens with two attached hydrogens (primary N) is 1. The fourth-order valence-corrected chi connectivity index (χ4v) is 2.71. The first-order valence-electron chi connectivity index (χ1n) is 6.64. The van der Waals surface area contributed by atoms with E-state index in [4.69, 9.17) is 5.73 Å². The summed E-state index contributed by atoms with van der Waals surface area (Å²) >= 11 is 0. The van der Waals surface area contributed by atoms with Gasteiger partial charge in [0.15, 0.2) is 0 Å². The van der Waals surface area contributed by atoms with Gasteiger partial charge in [-0.2, -0.15) is 13.2 Å². The van der Waals surface area contributed by atoms with Gasteiger partial charge in [-0.3, -0.25) is 0 Å². The molecule has 1 aliphatic rings. The van der Waals surface area contributed by atoms with E-state index in [1.165, 1.54) is 12.1 Å². The Morgan fingerprint density at radius 1 is 1.00 bits per heavy atom. The zero-order chi connectivity index (χ0) is 15.2. The van der Waals surface area contributed by atoms with Gasteiger partial charge >= 0.3 is 6.18 Å². The molecule has 2 nitrogen and oxygen atoms in total. The van der Waals surface area contributed by atoms with E-state index in [9.17, 15) is 13.2 Å². The van der Waals surface area contributed by atoms with E-state index in [2.05, 4.69) is 0 Å². The third-order valence-electron chi connectivity index (χ3n) is 3.83. The molecular formula is C16H15F3N2. The van der Waals surface area contributed by atoms with Crippen LogP contribution >= 0.6 is 0 Å². The number of hydrogen-bond donors (Lipinski definition) is 1. The SMILES string of the molecule is Cc1ccc(C(F)(F)F)cc1N1Cc2ccc(N)cc2C1. The minimum atomic E-state index is -4.32. The summed E-state index contributed by atoms with van der Waals surface area (Å²) in [5.41, 5.74) is 9.47. The maximum Gasteiger partial charge on any atom is 0.416 e. The lowest BCUT2D eigenvalue weighted by Gasteiger charge is -2.21. The number of nitrogens with zero attached hydrogens (tertiary/aromatic N) is 1. The second-order valence-corrected chi connectivity index (χ2v) is 5.38. The standard InChI is InChI=1S/C16H15F3N2/c1-10-2-4-13(16(17,18)19)7-15(10)21-8-11-3-5-14(20)6-12(11)9-21/h2-7H,8-9,20H2,1H3. The number of aryl methyl sites for hydroxylation is 1. The van der Waals surface area contributed by atoms with E-state index >= 15 is 0 Å². The van der Waals surface area contributed by atoms with Crippen LogP contribution in [0.3, 0.4) is 0 Å². The highest BCUT2D eigenvalue weighted by atomic mass is 19.4. The highest BCUT2D eigenvalue weighted by Gasteiger charge is 2.32. The summed E-state index contributed by atoms with van der Waals surface area (Å²) in [5.74, 6) is 0. The Morgan fingerprint density at radius 2 is 1.71 bits per heavy atom.